The second-order valence-corrected chi connectivity index (χ2v) is 4.67. The fourth-order valence-corrected chi connectivity index (χ4v) is 2.54. The van der Waals surface area contributed by atoms with Crippen LogP contribution in [0.5, 0.6) is 0 Å². The molecule has 2 aromatic rings. The Bertz CT molecular complexity index is 539. The lowest BCUT2D eigenvalue weighted by Gasteiger charge is -2.14. The second kappa shape index (κ2) is 3.57. The molecule has 0 aliphatic rings. The zero-order valence-electron chi connectivity index (χ0n) is 9.68. The largest absolute Gasteiger partial charge is 0.143 e. The van der Waals surface area contributed by atoms with E-state index in [4.69, 9.17) is 0 Å². The molecular formula is C14H16S. The fourth-order valence-electron chi connectivity index (χ4n) is 2.25. The van der Waals surface area contributed by atoms with Crippen LogP contribution in [0, 0.1) is 27.7 Å². The maximum Gasteiger partial charge on any atom is 0.0108 e. The van der Waals surface area contributed by atoms with Crippen molar-refractivity contribution in [2.45, 2.75) is 32.6 Å². The van der Waals surface area contributed by atoms with Crippen LogP contribution < -0.4 is 0 Å². The minimum absolute atomic E-state index is 1.13. The molecule has 0 bridgehead atoms. The minimum Gasteiger partial charge on any atom is -0.143 e. The van der Waals surface area contributed by atoms with Crippen LogP contribution in [0.4, 0.5) is 0 Å². The molecule has 15 heavy (non-hydrogen) atoms. The Kier molecular flexibility index (Phi) is 2.51. The first-order valence-electron chi connectivity index (χ1n) is 5.22. The maximum atomic E-state index is 4.59. The van der Waals surface area contributed by atoms with Crippen molar-refractivity contribution in [2.75, 3.05) is 0 Å². The highest BCUT2D eigenvalue weighted by Gasteiger charge is 2.10. The monoisotopic (exact) mass is 216 g/mol. The first-order chi connectivity index (χ1) is 7.04. The van der Waals surface area contributed by atoms with Crippen molar-refractivity contribution in [1.29, 1.82) is 0 Å². The van der Waals surface area contributed by atoms with Gasteiger partial charge in [0, 0.05) is 4.90 Å². The minimum atomic E-state index is 1.13. The first-order valence-corrected chi connectivity index (χ1v) is 5.66. The Morgan fingerprint density at radius 1 is 0.867 bits per heavy atom. The zero-order chi connectivity index (χ0) is 11.2. The molecule has 0 aliphatic carbocycles. The lowest BCUT2D eigenvalue weighted by atomic mass is 9.94. The molecule has 0 N–H and O–H groups in total. The molecule has 0 amide bonds. The standard InChI is InChI=1S/C14H16S/c1-8-6-5-7-12-11(4)14(15)10(3)9(2)13(8)12/h5-7,15H,1-4H3. The smallest absolute Gasteiger partial charge is 0.0108 e. The van der Waals surface area contributed by atoms with Crippen molar-refractivity contribution in [3.05, 3.63) is 40.5 Å². The van der Waals surface area contributed by atoms with Gasteiger partial charge in [0.1, 0.15) is 0 Å². The van der Waals surface area contributed by atoms with E-state index in [9.17, 15) is 0 Å². The predicted molar refractivity (Wildman–Crippen MR) is 70.1 cm³/mol. The molecule has 1 heteroatoms. The Labute approximate surface area is 96.7 Å². The summed E-state index contributed by atoms with van der Waals surface area (Å²) in [6.07, 6.45) is 0. The van der Waals surface area contributed by atoms with Crippen molar-refractivity contribution >= 4 is 23.4 Å². The van der Waals surface area contributed by atoms with Gasteiger partial charge >= 0.3 is 0 Å². The van der Waals surface area contributed by atoms with E-state index in [-0.39, 0.29) is 0 Å². The molecule has 0 aromatic heterocycles. The van der Waals surface area contributed by atoms with E-state index in [1.165, 1.54) is 33.0 Å². The lowest BCUT2D eigenvalue weighted by Crippen LogP contribution is -1.93. The van der Waals surface area contributed by atoms with Crippen LogP contribution >= 0.6 is 12.6 Å². The summed E-state index contributed by atoms with van der Waals surface area (Å²) in [5.41, 5.74) is 5.31. The summed E-state index contributed by atoms with van der Waals surface area (Å²) in [5.74, 6) is 0. The summed E-state index contributed by atoms with van der Waals surface area (Å²) in [7, 11) is 0. The van der Waals surface area contributed by atoms with Gasteiger partial charge in [-0.2, -0.15) is 0 Å². The number of fused-ring (bicyclic) bond motifs is 1. The second-order valence-electron chi connectivity index (χ2n) is 4.22. The van der Waals surface area contributed by atoms with Gasteiger partial charge in [-0.25, -0.2) is 0 Å². The third-order valence-electron chi connectivity index (χ3n) is 3.32. The average Bonchev–Trinajstić information content (AvgIpc) is 2.23. The number of thiol groups is 1. The molecule has 0 radical (unpaired) electrons. The Morgan fingerprint density at radius 2 is 1.53 bits per heavy atom. The van der Waals surface area contributed by atoms with Crippen LogP contribution in [0.15, 0.2) is 23.1 Å². The van der Waals surface area contributed by atoms with E-state index in [0.717, 1.165) is 4.90 Å². The van der Waals surface area contributed by atoms with E-state index in [1.807, 2.05) is 0 Å². The molecule has 0 unspecified atom stereocenters. The summed E-state index contributed by atoms with van der Waals surface area (Å²) >= 11 is 4.59. The highest BCUT2D eigenvalue weighted by molar-refractivity contribution is 7.80. The topological polar surface area (TPSA) is 0 Å². The molecule has 0 saturated carbocycles. The van der Waals surface area contributed by atoms with Gasteiger partial charge in [0.2, 0.25) is 0 Å². The third-order valence-corrected chi connectivity index (χ3v) is 4.00. The molecule has 0 aliphatic heterocycles. The van der Waals surface area contributed by atoms with E-state index in [0.29, 0.717) is 0 Å². The van der Waals surface area contributed by atoms with Crippen molar-refractivity contribution in [1.82, 2.24) is 0 Å². The molecule has 0 saturated heterocycles. The van der Waals surface area contributed by atoms with E-state index >= 15 is 0 Å². The van der Waals surface area contributed by atoms with Crippen LogP contribution in [-0.4, -0.2) is 0 Å². The van der Waals surface area contributed by atoms with Gasteiger partial charge in [-0.1, -0.05) is 18.2 Å². The zero-order valence-corrected chi connectivity index (χ0v) is 10.6. The first kappa shape index (κ1) is 10.6. The van der Waals surface area contributed by atoms with Gasteiger partial charge in [0.25, 0.3) is 0 Å². The van der Waals surface area contributed by atoms with Crippen LogP contribution in [0.25, 0.3) is 10.8 Å². The Hall–Kier alpha value is -0.950. The van der Waals surface area contributed by atoms with Crippen molar-refractivity contribution in [2.24, 2.45) is 0 Å². The third kappa shape index (κ3) is 1.46. The SMILES string of the molecule is Cc1c(S)c(C)c2cccc(C)c2c1C. The highest BCUT2D eigenvalue weighted by atomic mass is 32.1. The van der Waals surface area contributed by atoms with Crippen LogP contribution in [0.2, 0.25) is 0 Å². The average molecular weight is 216 g/mol. The van der Waals surface area contributed by atoms with Gasteiger partial charge in [-0.05, 0) is 60.7 Å². The van der Waals surface area contributed by atoms with E-state index in [2.05, 4.69) is 58.5 Å². The molecule has 0 spiro atoms. The van der Waals surface area contributed by atoms with Gasteiger partial charge in [0.05, 0.1) is 0 Å². The van der Waals surface area contributed by atoms with E-state index in [1.54, 1.807) is 0 Å². The van der Waals surface area contributed by atoms with Crippen LogP contribution in [0.3, 0.4) is 0 Å². The quantitative estimate of drug-likeness (QED) is 0.621. The van der Waals surface area contributed by atoms with Crippen molar-refractivity contribution in [3.8, 4) is 0 Å². The molecule has 2 aromatic carbocycles. The predicted octanol–water partition coefficient (Wildman–Crippen LogP) is 4.36. The number of hydrogen-bond donors (Lipinski definition) is 1. The molecular weight excluding hydrogens is 200 g/mol. The van der Waals surface area contributed by atoms with Gasteiger partial charge < -0.3 is 0 Å². The van der Waals surface area contributed by atoms with E-state index < -0.39 is 0 Å². The van der Waals surface area contributed by atoms with Gasteiger partial charge in [0.15, 0.2) is 0 Å². The number of benzene rings is 2. The van der Waals surface area contributed by atoms with Gasteiger partial charge in [-0.3, -0.25) is 0 Å². The summed E-state index contributed by atoms with van der Waals surface area (Å²) in [5, 5.41) is 2.73. The fraction of sp³-hybridized carbons (Fsp3) is 0.286. The molecule has 0 nitrogen and oxygen atoms in total. The molecule has 0 atom stereocenters. The van der Waals surface area contributed by atoms with Crippen LogP contribution in [0.1, 0.15) is 22.3 Å². The highest BCUT2D eigenvalue weighted by Crippen LogP contribution is 2.33. The summed E-state index contributed by atoms with van der Waals surface area (Å²) in [6.45, 7) is 8.66. The number of aryl methyl sites for hydroxylation is 3. The van der Waals surface area contributed by atoms with Crippen LogP contribution in [-0.2, 0) is 0 Å². The molecule has 78 valence electrons. The molecule has 0 heterocycles. The molecule has 2 rings (SSSR count). The number of rotatable bonds is 0. The summed E-state index contributed by atoms with van der Waals surface area (Å²) in [4.78, 5) is 1.13. The summed E-state index contributed by atoms with van der Waals surface area (Å²) < 4.78 is 0. The van der Waals surface area contributed by atoms with Gasteiger partial charge in [-0.15, -0.1) is 12.6 Å². The number of hydrogen-bond acceptors (Lipinski definition) is 1. The van der Waals surface area contributed by atoms with Crippen molar-refractivity contribution in [3.63, 3.8) is 0 Å². The maximum absolute atomic E-state index is 4.59. The summed E-state index contributed by atoms with van der Waals surface area (Å²) in [6, 6.07) is 6.48. The Balaban J connectivity index is 3.08. The van der Waals surface area contributed by atoms with Crippen molar-refractivity contribution < 1.29 is 0 Å². The lowest BCUT2D eigenvalue weighted by molar-refractivity contribution is 1.21. The normalized spacial score (nSPS) is 11.0. The Morgan fingerprint density at radius 3 is 2.20 bits per heavy atom. The molecule has 0 fully saturated rings.